The van der Waals surface area contributed by atoms with Gasteiger partial charge in [0.05, 0.1) is 23.7 Å². The second-order valence-corrected chi connectivity index (χ2v) is 12.4. The molecule has 2 aliphatic heterocycles. The highest BCUT2D eigenvalue weighted by atomic mass is 79.9. The van der Waals surface area contributed by atoms with Crippen molar-refractivity contribution >= 4 is 54.9 Å². The van der Waals surface area contributed by atoms with Crippen molar-refractivity contribution in [2.24, 2.45) is 4.99 Å². The summed E-state index contributed by atoms with van der Waals surface area (Å²) in [4.78, 5) is 35.9. The average molecular weight is 616 g/mol. The van der Waals surface area contributed by atoms with Crippen LogP contribution in [0.15, 0.2) is 50.5 Å². The first kappa shape index (κ1) is 27.4. The number of amidine groups is 1. The number of thiazole rings is 1. The third kappa shape index (κ3) is 6.25. The second kappa shape index (κ2) is 11.4. The minimum Gasteiger partial charge on any atom is -0.480 e. The van der Waals surface area contributed by atoms with Crippen LogP contribution in [0.1, 0.15) is 30.0 Å². The van der Waals surface area contributed by atoms with Gasteiger partial charge in [0.15, 0.2) is 20.7 Å². The van der Waals surface area contributed by atoms with Crippen LogP contribution in [0.3, 0.4) is 0 Å². The minimum atomic E-state index is -3.56. The molecule has 0 spiro atoms. The molecule has 2 aliphatic rings. The van der Waals surface area contributed by atoms with Crippen LogP contribution in [-0.2, 0) is 24.2 Å². The molecule has 1 saturated heterocycles. The number of aromatic nitrogens is 1. The van der Waals surface area contributed by atoms with Gasteiger partial charge in [0.1, 0.15) is 17.9 Å². The Morgan fingerprint density at radius 1 is 1.38 bits per heavy atom. The first-order valence-electron chi connectivity index (χ1n) is 11.4. The van der Waals surface area contributed by atoms with Crippen molar-refractivity contribution in [3.63, 3.8) is 0 Å². The Kier molecular flexibility index (Phi) is 8.41. The van der Waals surface area contributed by atoms with Crippen molar-refractivity contribution in [1.82, 2.24) is 15.2 Å². The summed E-state index contributed by atoms with van der Waals surface area (Å²) < 4.78 is 44.3. The van der Waals surface area contributed by atoms with E-state index < -0.39 is 45.4 Å². The minimum absolute atomic E-state index is 0.0790. The lowest BCUT2D eigenvalue weighted by molar-refractivity contribution is -0.142. The van der Waals surface area contributed by atoms with Gasteiger partial charge in [-0.05, 0) is 31.0 Å². The lowest BCUT2D eigenvalue weighted by Crippen LogP contribution is -2.48. The zero-order chi connectivity index (χ0) is 26.7. The van der Waals surface area contributed by atoms with Crippen molar-refractivity contribution in [3.05, 3.63) is 61.9 Å². The van der Waals surface area contributed by atoms with E-state index in [2.05, 4.69) is 26.2 Å². The number of nitrogens with zero attached hydrogens (tertiary/aromatic N) is 3. The molecule has 198 valence electrons. The van der Waals surface area contributed by atoms with Gasteiger partial charge in [-0.2, -0.15) is 0 Å². The molecule has 4 rings (SSSR count). The number of aliphatic carboxylic acids is 1. The molecule has 2 aromatic rings. The number of hydrogen-bond acceptors (Lipinski definition) is 10. The van der Waals surface area contributed by atoms with Crippen molar-refractivity contribution in [1.29, 1.82) is 0 Å². The smallest absolute Gasteiger partial charge is 0.338 e. The van der Waals surface area contributed by atoms with Gasteiger partial charge >= 0.3 is 11.9 Å². The largest absolute Gasteiger partial charge is 0.480 e. The standard InChI is InChI=1S/C23H24BrFN4O6S2/c1-2-35-23(32)18-16(11-29-7-3-9-37(33,34)12-17(29)22(30)31)27-20(21-26-6-8-36-21)28-19(18)14-5-4-13(25)10-15(14)24/h4-6,8,10,17,19H,2-3,7,9,11-12H2,1H3,(H,27,28)(H,30,31). The maximum Gasteiger partial charge on any atom is 0.338 e. The molecule has 2 unspecified atom stereocenters. The summed E-state index contributed by atoms with van der Waals surface area (Å²) in [6.45, 7) is 1.84. The van der Waals surface area contributed by atoms with Crippen LogP contribution in [-0.4, -0.2) is 78.4 Å². The molecule has 0 radical (unpaired) electrons. The van der Waals surface area contributed by atoms with Gasteiger partial charge in [-0.1, -0.05) is 22.0 Å². The molecule has 37 heavy (non-hydrogen) atoms. The first-order valence-corrected chi connectivity index (χ1v) is 14.9. The number of benzene rings is 1. The number of ether oxygens (including phenoxy) is 1. The number of nitrogens with one attached hydrogen (secondary N) is 1. The molecule has 14 heteroatoms. The molecule has 0 amide bonds. The number of carbonyl (C=O) groups is 2. The van der Waals surface area contributed by atoms with Crippen LogP contribution in [0.25, 0.3) is 0 Å². The molecule has 0 aliphatic carbocycles. The van der Waals surface area contributed by atoms with Crippen molar-refractivity contribution < 1.29 is 32.2 Å². The number of esters is 1. The molecule has 1 aromatic carbocycles. The van der Waals surface area contributed by atoms with Crippen molar-refractivity contribution in [2.75, 3.05) is 31.2 Å². The summed E-state index contributed by atoms with van der Waals surface area (Å²) in [5, 5.41) is 15.2. The van der Waals surface area contributed by atoms with E-state index in [-0.39, 0.29) is 37.4 Å². The van der Waals surface area contributed by atoms with Gasteiger partial charge in [-0.3, -0.25) is 14.7 Å². The Labute approximate surface area is 225 Å². The van der Waals surface area contributed by atoms with Crippen LogP contribution in [0, 0.1) is 5.82 Å². The highest BCUT2D eigenvalue weighted by molar-refractivity contribution is 9.10. The van der Waals surface area contributed by atoms with Crippen LogP contribution in [0.2, 0.25) is 0 Å². The number of halogens is 2. The molecule has 2 atom stereocenters. The maximum absolute atomic E-state index is 13.9. The van der Waals surface area contributed by atoms with E-state index in [1.807, 2.05) is 0 Å². The SMILES string of the molecule is CCOC(=O)C1=C(CN2CCCS(=O)(=O)CC2C(=O)O)NC(c2nccs2)=NC1c1ccc(F)cc1Br. The number of sulfone groups is 1. The van der Waals surface area contributed by atoms with E-state index >= 15 is 0 Å². The van der Waals surface area contributed by atoms with E-state index in [1.165, 1.54) is 34.4 Å². The highest BCUT2D eigenvalue weighted by Crippen LogP contribution is 2.37. The molecular formula is C23H24BrFN4O6S2. The predicted molar refractivity (Wildman–Crippen MR) is 139 cm³/mol. The Morgan fingerprint density at radius 3 is 2.81 bits per heavy atom. The van der Waals surface area contributed by atoms with E-state index in [1.54, 1.807) is 18.5 Å². The predicted octanol–water partition coefficient (Wildman–Crippen LogP) is 2.53. The third-order valence-corrected chi connectivity index (χ3v) is 9.11. The van der Waals surface area contributed by atoms with E-state index in [0.717, 1.165) is 0 Å². The Morgan fingerprint density at radius 2 is 2.16 bits per heavy atom. The Bertz CT molecular complexity index is 1360. The third-order valence-electron chi connectivity index (χ3n) is 5.91. The summed E-state index contributed by atoms with van der Waals surface area (Å²) in [6, 6.07) is 1.79. The molecule has 3 heterocycles. The number of carbonyl (C=O) groups excluding carboxylic acids is 1. The zero-order valence-electron chi connectivity index (χ0n) is 19.7. The van der Waals surface area contributed by atoms with Gasteiger partial charge < -0.3 is 15.2 Å². The Hall–Kier alpha value is -2.68. The maximum atomic E-state index is 13.9. The normalized spacial score (nSPS) is 22.1. The lowest BCUT2D eigenvalue weighted by Gasteiger charge is -2.32. The number of carboxylic acid groups (broad SMARTS) is 1. The number of aliphatic imine (C=N–C) groups is 1. The average Bonchev–Trinajstić information content (AvgIpc) is 3.31. The molecular weight excluding hydrogens is 591 g/mol. The van der Waals surface area contributed by atoms with Crippen molar-refractivity contribution in [3.8, 4) is 0 Å². The fourth-order valence-electron chi connectivity index (χ4n) is 4.26. The number of carboxylic acids is 1. The molecule has 0 saturated carbocycles. The highest BCUT2D eigenvalue weighted by Gasteiger charge is 2.38. The summed E-state index contributed by atoms with van der Waals surface area (Å²) in [5.74, 6) is -2.75. The fraction of sp³-hybridized carbons (Fsp3) is 0.391. The second-order valence-electron chi connectivity index (χ2n) is 8.41. The quantitative estimate of drug-likeness (QED) is 0.450. The van der Waals surface area contributed by atoms with Crippen LogP contribution in [0.5, 0.6) is 0 Å². The molecule has 0 bridgehead atoms. The molecule has 1 fully saturated rings. The van der Waals surface area contributed by atoms with E-state index in [4.69, 9.17) is 9.73 Å². The summed E-state index contributed by atoms with van der Waals surface area (Å²) in [7, 11) is -3.56. The van der Waals surface area contributed by atoms with Gasteiger partial charge in [-0.25, -0.2) is 22.6 Å². The Balaban J connectivity index is 1.85. The van der Waals surface area contributed by atoms with Gasteiger partial charge in [-0.15, -0.1) is 11.3 Å². The summed E-state index contributed by atoms with van der Waals surface area (Å²) in [5.41, 5.74) is 0.918. The van der Waals surface area contributed by atoms with Crippen LogP contribution >= 0.6 is 27.3 Å². The topological polar surface area (TPSA) is 138 Å². The van der Waals surface area contributed by atoms with Gasteiger partial charge in [0, 0.05) is 34.8 Å². The van der Waals surface area contributed by atoms with Gasteiger partial charge in [0.25, 0.3) is 0 Å². The number of hydrogen-bond donors (Lipinski definition) is 2. The monoisotopic (exact) mass is 614 g/mol. The molecule has 2 N–H and O–H groups in total. The van der Waals surface area contributed by atoms with Crippen LogP contribution in [0.4, 0.5) is 4.39 Å². The molecule has 10 nitrogen and oxygen atoms in total. The number of rotatable bonds is 7. The van der Waals surface area contributed by atoms with Crippen molar-refractivity contribution in [2.45, 2.75) is 25.4 Å². The first-order chi connectivity index (χ1) is 17.6. The summed E-state index contributed by atoms with van der Waals surface area (Å²) >= 11 is 4.67. The van der Waals surface area contributed by atoms with E-state index in [0.29, 0.717) is 26.6 Å². The lowest BCUT2D eigenvalue weighted by atomic mass is 9.95. The fourth-order valence-corrected chi connectivity index (χ4v) is 6.98. The summed E-state index contributed by atoms with van der Waals surface area (Å²) in [6.07, 6.45) is 1.84. The molecule has 1 aromatic heterocycles. The van der Waals surface area contributed by atoms with Crippen LogP contribution < -0.4 is 5.32 Å². The zero-order valence-corrected chi connectivity index (χ0v) is 22.9. The van der Waals surface area contributed by atoms with E-state index in [9.17, 15) is 27.5 Å². The van der Waals surface area contributed by atoms with Gasteiger partial charge in [0.2, 0.25) is 0 Å².